The molecule has 2 rings (SSSR count). The van der Waals surface area contributed by atoms with E-state index in [0.29, 0.717) is 23.1 Å². The molecule has 0 saturated carbocycles. The fourth-order valence-electron chi connectivity index (χ4n) is 1.60. The van der Waals surface area contributed by atoms with Crippen LogP contribution in [0.5, 0.6) is 5.88 Å². The first-order valence-corrected chi connectivity index (χ1v) is 6.31. The molecule has 7 heteroatoms. The average molecular weight is 279 g/mol. The number of anilines is 1. The maximum atomic E-state index is 11.1. The van der Waals surface area contributed by atoms with Crippen molar-refractivity contribution in [3.05, 3.63) is 35.2 Å². The quantitative estimate of drug-likeness (QED) is 0.872. The lowest BCUT2D eigenvalue weighted by molar-refractivity contribution is 0.0697. The van der Waals surface area contributed by atoms with E-state index in [4.69, 9.17) is 9.84 Å². The molecule has 2 heterocycles. The van der Waals surface area contributed by atoms with Crippen molar-refractivity contribution >= 4 is 22.5 Å². The Balaban J connectivity index is 2.12. The number of aryl methyl sites for hydroxylation is 1. The zero-order chi connectivity index (χ0) is 13.8. The van der Waals surface area contributed by atoms with Crippen LogP contribution in [0.15, 0.2) is 18.3 Å². The van der Waals surface area contributed by atoms with Gasteiger partial charge in [-0.3, -0.25) is 0 Å². The van der Waals surface area contributed by atoms with Crippen LogP contribution in [0, 0.1) is 6.92 Å². The second kappa shape index (κ2) is 5.66. The fourth-order valence-corrected chi connectivity index (χ4v) is 2.38. The highest BCUT2D eigenvalue weighted by Gasteiger charge is 2.17. The molecule has 0 atom stereocenters. The summed E-state index contributed by atoms with van der Waals surface area (Å²) < 4.78 is 9.08. The third-order valence-corrected chi connectivity index (χ3v) is 3.43. The van der Waals surface area contributed by atoms with Gasteiger partial charge in [0.2, 0.25) is 5.88 Å². The number of ether oxygens (including phenoxy) is 1. The largest absolute Gasteiger partial charge is 0.481 e. The van der Waals surface area contributed by atoms with Crippen molar-refractivity contribution in [2.75, 3.05) is 12.4 Å². The summed E-state index contributed by atoms with van der Waals surface area (Å²) in [7, 11) is 1.55. The summed E-state index contributed by atoms with van der Waals surface area (Å²) in [4.78, 5) is 15.1. The summed E-state index contributed by atoms with van der Waals surface area (Å²) >= 11 is 1.14. The van der Waals surface area contributed by atoms with Crippen molar-refractivity contribution in [2.24, 2.45) is 0 Å². The molecule has 0 aliphatic heterocycles. The van der Waals surface area contributed by atoms with Gasteiger partial charge in [-0.25, -0.2) is 9.78 Å². The molecule has 2 N–H and O–H groups in total. The summed E-state index contributed by atoms with van der Waals surface area (Å²) in [6.07, 6.45) is 1.64. The van der Waals surface area contributed by atoms with Crippen LogP contribution in [0.25, 0.3) is 0 Å². The first-order chi connectivity index (χ1) is 9.11. The van der Waals surface area contributed by atoms with Crippen LogP contribution in [0.4, 0.5) is 5.00 Å². The summed E-state index contributed by atoms with van der Waals surface area (Å²) in [6.45, 7) is 2.17. The van der Waals surface area contributed by atoms with E-state index in [1.165, 1.54) is 0 Å². The van der Waals surface area contributed by atoms with Crippen molar-refractivity contribution in [3.63, 3.8) is 0 Å². The number of aromatic carboxylic acids is 1. The highest BCUT2D eigenvalue weighted by Crippen LogP contribution is 2.25. The van der Waals surface area contributed by atoms with Gasteiger partial charge >= 0.3 is 5.97 Å². The number of nitrogens with one attached hydrogen (secondary N) is 1. The lowest BCUT2D eigenvalue weighted by atomic mass is 10.2. The Morgan fingerprint density at radius 3 is 3.05 bits per heavy atom. The predicted molar refractivity (Wildman–Crippen MR) is 71.9 cm³/mol. The van der Waals surface area contributed by atoms with Crippen LogP contribution in [-0.2, 0) is 6.54 Å². The number of carbonyl (C=O) groups is 1. The smallest absolute Gasteiger partial charge is 0.340 e. The number of carboxylic acids is 1. The molecule has 2 aromatic rings. The van der Waals surface area contributed by atoms with Crippen LogP contribution in [-0.4, -0.2) is 27.5 Å². The summed E-state index contributed by atoms with van der Waals surface area (Å²) in [5, 5.41) is 12.7. The van der Waals surface area contributed by atoms with E-state index in [1.54, 1.807) is 26.3 Å². The lowest BCUT2D eigenvalue weighted by Crippen LogP contribution is -2.05. The van der Waals surface area contributed by atoms with E-state index >= 15 is 0 Å². The van der Waals surface area contributed by atoms with E-state index in [1.807, 2.05) is 6.07 Å². The van der Waals surface area contributed by atoms with Gasteiger partial charge in [0.25, 0.3) is 0 Å². The maximum Gasteiger partial charge on any atom is 0.340 e. The number of hydrogen-bond donors (Lipinski definition) is 2. The van der Waals surface area contributed by atoms with Crippen molar-refractivity contribution in [3.8, 4) is 5.88 Å². The summed E-state index contributed by atoms with van der Waals surface area (Å²) in [6, 6.07) is 3.63. The molecule has 0 aliphatic carbocycles. The Morgan fingerprint density at radius 1 is 1.58 bits per heavy atom. The van der Waals surface area contributed by atoms with Crippen LogP contribution >= 0.6 is 11.5 Å². The standard InChI is InChI=1S/C12H13N3O3S/c1-7-10(12(16)17)11(19-15-7)14-6-8-3-4-13-9(5-8)18-2/h3-5,14H,6H2,1-2H3,(H,16,17). The number of pyridine rings is 1. The highest BCUT2D eigenvalue weighted by atomic mass is 32.1. The molecule has 0 radical (unpaired) electrons. The summed E-state index contributed by atoms with van der Waals surface area (Å²) in [5.41, 5.74) is 1.70. The van der Waals surface area contributed by atoms with Gasteiger partial charge in [0, 0.05) is 18.8 Å². The van der Waals surface area contributed by atoms with E-state index in [9.17, 15) is 4.79 Å². The maximum absolute atomic E-state index is 11.1. The molecule has 0 unspecified atom stereocenters. The van der Waals surface area contributed by atoms with Crippen molar-refractivity contribution in [2.45, 2.75) is 13.5 Å². The molecule has 0 amide bonds. The Bertz CT molecular complexity index is 598. The molecule has 0 saturated heterocycles. The van der Waals surface area contributed by atoms with Crippen LogP contribution in [0.3, 0.4) is 0 Å². The topological polar surface area (TPSA) is 84.3 Å². The highest BCUT2D eigenvalue weighted by molar-refractivity contribution is 7.10. The zero-order valence-electron chi connectivity index (χ0n) is 10.5. The molecule has 0 bridgehead atoms. The normalized spacial score (nSPS) is 10.2. The van der Waals surface area contributed by atoms with E-state index in [2.05, 4.69) is 14.7 Å². The third-order valence-electron chi connectivity index (χ3n) is 2.54. The number of rotatable bonds is 5. The Labute approximate surface area is 114 Å². The predicted octanol–water partition coefficient (Wildman–Crippen LogP) is 2.17. The van der Waals surface area contributed by atoms with Crippen molar-refractivity contribution < 1.29 is 14.6 Å². The molecule has 2 aromatic heterocycles. The van der Waals surface area contributed by atoms with Crippen LogP contribution in [0.1, 0.15) is 21.6 Å². The zero-order valence-corrected chi connectivity index (χ0v) is 11.3. The Hall–Kier alpha value is -2.15. The van der Waals surface area contributed by atoms with Gasteiger partial charge in [0.15, 0.2) is 0 Å². The molecule has 6 nitrogen and oxygen atoms in total. The number of nitrogens with zero attached hydrogens (tertiary/aromatic N) is 2. The van der Waals surface area contributed by atoms with Crippen LogP contribution in [0.2, 0.25) is 0 Å². The SMILES string of the molecule is COc1cc(CNc2snc(C)c2C(=O)O)ccn1. The molecule has 19 heavy (non-hydrogen) atoms. The minimum Gasteiger partial charge on any atom is -0.481 e. The lowest BCUT2D eigenvalue weighted by Gasteiger charge is -2.06. The van der Waals surface area contributed by atoms with Gasteiger partial charge < -0.3 is 15.2 Å². The molecular weight excluding hydrogens is 266 g/mol. The molecule has 0 spiro atoms. The third kappa shape index (κ3) is 3.00. The van der Waals surface area contributed by atoms with E-state index < -0.39 is 5.97 Å². The van der Waals surface area contributed by atoms with Gasteiger partial charge in [-0.15, -0.1) is 0 Å². The summed E-state index contributed by atoms with van der Waals surface area (Å²) in [5.74, 6) is -0.445. The van der Waals surface area contributed by atoms with Gasteiger partial charge in [0.1, 0.15) is 10.6 Å². The number of aromatic nitrogens is 2. The number of hydrogen-bond acceptors (Lipinski definition) is 6. The monoisotopic (exact) mass is 279 g/mol. The van der Waals surface area contributed by atoms with Gasteiger partial charge in [-0.2, -0.15) is 4.37 Å². The number of carboxylic acid groups (broad SMARTS) is 1. The minimum absolute atomic E-state index is 0.228. The van der Waals surface area contributed by atoms with Crippen LogP contribution < -0.4 is 10.1 Å². The molecule has 0 aromatic carbocycles. The van der Waals surface area contributed by atoms with E-state index in [0.717, 1.165) is 17.1 Å². The molecule has 0 aliphatic rings. The average Bonchev–Trinajstić information content (AvgIpc) is 2.78. The van der Waals surface area contributed by atoms with Gasteiger partial charge in [-0.1, -0.05) is 0 Å². The first kappa shape index (κ1) is 13.3. The second-order valence-electron chi connectivity index (χ2n) is 3.84. The fraction of sp³-hybridized carbons (Fsp3) is 0.250. The molecule has 100 valence electrons. The van der Waals surface area contributed by atoms with Gasteiger partial charge in [0.05, 0.1) is 12.8 Å². The first-order valence-electron chi connectivity index (χ1n) is 5.54. The minimum atomic E-state index is -0.971. The second-order valence-corrected chi connectivity index (χ2v) is 4.61. The van der Waals surface area contributed by atoms with Crippen molar-refractivity contribution in [1.82, 2.24) is 9.36 Å². The van der Waals surface area contributed by atoms with Crippen molar-refractivity contribution in [1.29, 1.82) is 0 Å². The molecular formula is C12H13N3O3S. The Morgan fingerprint density at radius 2 is 2.37 bits per heavy atom. The Kier molecular flexibility index (Phi) is 3.96. The molecule has 0 fully saturated rings. The van der Waals surface area contributed by atoms with E-state index in [-0.39, 0.29) is 5.56 Å². The number of methoxy groups -OCH3 is 1. The van der Waals surface area contributed by atoms with Gasteiger partial charge in [-0.05, 0) is 30.1 Å².